The van der Waals surface area contributed by atoms with Crippen LogP contribution in [0.3, 0.4) is 0 Å². The highest BCUT2D eigenvalue weighted by Gasteiger charge is 2.31. The normalized spacial score (nSPS) is 35.9. The van der Waals surface area contributed by atoms with Crippen molar-refractivity contribution in [1.29, 1.82) is 0 Å². The van der Waals surface area contributed by atoms with E-state index in [9.17, 15) is 4.79 Å². The molecule has 9 heavy (non-hydrogen) atoms. The molecule has 1 amide bonds. The summed E-state index contributed by atoms with van der Waals surface area (Å²) in [6.45, 7) is 3.95. The molecule has 2 unspecified atom stereocenters. The molecule has 0 spiro atoms. The first-order valence-corrected chi connectivity index (χ1v) is 3.55. The molecule has 0 aliphatic carbocycles. The first-order valence-electron chi connectivity index (χ1n) is 3.15. The molecule has 0 aromatic heterocycles. The van der Waals surface area contributed by atoms with Crippen LogP contribution in [0.4, 0.5) is 0 Å². The lowest BCUT2D eigenvalue weighted by Gasteiger charge is -2.11. The third-order valence-electron chi connectivity index (χ3n) is 1.76. The summed E-state index contributed by atoms with van der Waals surface area (Å²) in [6.07, 6.45) is 0.947. The van der Waals surface area contributed by atoms with E-state index in [1.54, 1.807) is 0 Å². The number of amides is 1. The van der Waals surface area contributed by atoms with E-state index < -0.39 is 0 Å². The van der Waals surface area contributed by atoms with Gasteiger partial charge in [0.15, 0.2) is 0 Å². The lowest BCUT2D eigenvalue weighted by Crippen LogP contribution is -2.21. The van der Waals surface area contributed by atoms with Crippen molar-refractivity contribution in [3.8, 4) is 0 Å². The van der Waals surface area contributed by atoms with Gasteiger partial charge in [0.05, 0.1) is 0 Å². The number of rotatable bonds is 0. The maximum absolute atomic E-state index is 11.0. The Morgan fingerprint density at radius 1 is 1.67 bits per heavy atom. The van der Waals surface area contributed by atoms with E-state index in [1.165, 1.54) is 4.31 Å². The van der Waals surface area contributed by atoms with Crippen molar-refractivity contribution >= 4 is 18.7 Å². The minimum absolute atomic E-state index is 0.158. The fraction of sp³-hybridized carbons (Fsp3) is 0.833. The van der Waals surface area contributed by atoms with Crippen molar-refractivity contribution in [1.82, 2.24) is 4.31 Å². The number of nitrogens with zero attached hydrogens (tertiary/aromatic N) is 1. The smallest absolute Gasteiger partial charge is 0.235 e. The molecule has 2 atom stereocenters. The molecule has 52 valence electrons. The van der Waals surface area contributed by atoms with Gasteiger partial charge in [-0.05, 0) is 13.3 Å². The van der Waals surface area contributed by atoms with Crippen LogP contribution in [0.25, 0.3) is 0 Å². The third-order valence-corrected chi connectivity index (χ3v) is 2.35. The Labute approximate surface area is 60.8 Å². The molecule has 1 aliphatic rings. The Hall–Kier alpha value is -0.180. The molecule has 0 radical (unpaired) electrons. The van der Waals surface area contributed by atoms with Crippen LogP contribution in [-0.4, -0.2) is 16.3 Å². The molecule has 1 heterocycles. The van der Waals surface area contributed by atoms with E-state index in [1.807, 2.05) is 13.8 Å². The summed E-state index contributed by atoms with van der Waals surface area (Å²) in [4.78, 5) is 11.0. The second kappa shape index (κ2) is 2.21. The molecule has 0 aromatic carbocycles. The molecule has 2 nitrogen and oxygen atoms in total. The monoisotopic (exact) mass is 145 g/mol. The Morgan fingerprint density at radius 3 is 2.33 bits per heavy atom. The van der Waals surface area contributed by atoms with Gasteiger partial charge in [-0.3, -0.25) is 9.10 Å². The van der Waals surface area contributed by atoms with Gasteiger partial charge < -0.3 is 0 Å². The molecular weight excluding hydrogens is 134 g/mol. The zero-order chi connectivity index (χ0) is 7.02. The van der Waals surface area contributed by atoms with Crippen molar-refractivity contribution < 1.29 is 4.79 Å². The van der Waals surface area contributed by atoms with Gasteiger partial charge in [-0.15, -0.1) is 0 Å². The summed E-state index contributed by atoms with van der Waals surface area (Å²) in [5, 5.41) is 0. The second-order valence-corrected chi connectivity index (χ2v) is 3.10. The highest BCUT2D eigenvalue weighted by Crippen LogP contribution is 2.24. The lowest BCUT2D eigenvalue weighted by molar-refractivity contribution is -0.126. The maximum Gasteiger partial charge on any atom is 0.235 e. The standard InChI is InChI=1S/C6H11NOS/c1-4-3-5(2)7(9)6(4)8/h4-5,9H,3H2,1-2H3. The van der Waals surface area contributed by atoms with Gasteiger partial charge in [-0.25, -0.2) is 0 Å². The van der Waals surface area contributed by atoms with Crippen molar-refractivity contribution in [2.24, 2.45) is 5.92 Å². The van der Waals surface area contributed by atoms with Gasteiger partial charge >= 0.3 is 0 Å². The van der Waals surface area contributed by atoms with Gasteiger partial charge in [-0.2, -0.15) is 0 Å². The van der Waals surface area contributed by atoms with Crippen LogP contribution >= 0.6 is 12.8 Å². The molecule has 0 N–H and O–H groups in total. The molecule has 1 saturated heterocycles. The molecule has 0 saturated carbocycles. The predicted octanol–water partition coefficient (Wildman–Crippen LogP) is 1.09. The van der Waals surface area contributed by atoms with Crippen LogP contribution in [0, 0.1) is 5.92 Å². The molecule has 1 aliphatic heterocycles. The fourth-order valence-corrected chi connectivity index (χ4v) is 1.45. The summed E-state index contributed by atoms with van der Waals surface area (Å²) >= 11 is 4.03. The first kappa shape index (κ1) is 6.93. The summed E-state index contributed by atoms with van der Waals surface area (Å²) in [5.41, 5.74) is 0. The van der Waals surface area contributed by atoms with Crippen LogP contribution in [0.15, 0.2) is 0 Å². The fourth-order valence-electron chi connectivity index (χ4n) is 1.16. The number of carbonyl (C=O) groups excluding carboxylic acids is 1. The average molecular weight is 145 g/mol. The number of hydrogen-bond donors (Lipinski definition) is 1. The van der Waals surface area contributed by atoms with E-state index in [4.69, 9.17) is 0 Å². The van der Waals surface area contributed by atoms with Gasteiger partial charge in [-0.1, -0.05) is 19.7 Å². The summed E-state index contributed by atoms with van der Waals surface area (Å²) in [6, 6.07) is 0.316. The van der Waals surface area contributed by atoms with E-state index in [0.29, 0.717) is 6.04 Å². The quantitative estimate of drug-likeness (QED) is 0.506. The summed E-state index contributed by atoms with van der Waals surface area (Å²) < 4.78 is 1.52. The van der Waals surface area contributed by atoms with Crippen molar-refractivity contribution in [2.45, 2.75) is 26.3 Å². The van der Waals surface area contributed by atoms with Gasteiger partial charge in [0, 0.05) is 12.0 Å². The highest BCUT2D eigenvalue weighted by molar-refractivity contribution is 7.78. The SMILES string of the molecule is CC1CC(C)N(S)C1=O. The predicted molar refractivity (Wildman–Crippen MR) is 39.1 cm³/mol. The van der Waals surface area contributed by atoms with Crippen molar-refractivity contribution in [3.05, 3.63) is 0 Å². The van der Waals surface area contributed by atoms with Gasteiger partial charge in [0.25, 0.3) is 0 Å². The Balaban J connectivity index is 2.65. The van der Waals surface area contributed by atoms with E-state index in [2.05, 4.69) is 12.8 Å². The lowest BCUT2D eigenvalue weighted by atomic mass is 10.1. The zero-order valence-corrected chi connectivity index (χ0v) is 6.56. The summed E-state index contributed by atoms with van der Waals surface area (Å²) in [7, 11) is 0. The van der Waals surface area contributed by atoms with Crippen LogP contribution in [0.1, 0.15) is 20.3 Å². The zero-order valence-electron chi connectivity index (χ0n) is 5.66. The van der Waals surface area contributed by atoms with E-state index in [-0.39, 0.29) is 11.8 Å². The largest absolute Gasteiger partial charge is 0.286 e. The van der Waals surface area contributed by atoms with Crippen molar-refractivity contribution in [2.75, 3.05) is 0 Å². The Kier molecular flexibility index (Phi) is 1.70. The number of carbonyl (C=O) groups is 1. The maximum atomic E-state index is 11.0. The van der Waals surface area contributed by atoms with Gasteiger partial charge in [0.2, 0.25) is 5.91 Å². The molecule has 0 bridgehead atoms. The first-order chi connectivity index (χ1) is 4.13. The highest BCUT2D eigenvalue weighted by atomic mass is 32.1. The van der Waals surface area contributed by atoms with Crippen LogP contribution < -0.4 is 0 Å². The van der Waals surface area contributed by atoms with E-state index >= 15 is 0 Å². The number of thiol groups is 1. The molecule has 1 rings (SSSR count). The Bertz CT molecular complexity index is 137. The molecular formula is C6H11NOS. The van der Waals surface area contributed by atoms with Crippen molar-refractivity contribution in [3.63, 3.8) is 0 Å². The minimum Gasteiger partial charge on any atom is -0.286 e. The summed E-state index contributed by atoms with van der Waals surface area (Å²) in [5.74, 6) is 0.336. The Morgan fingerprint density at radius 2 is 2.22 bits per heavy atom. The van der Waals surface area contributed by atoms with Crippen LogP contribution in [0.2, 0.25) is 0 Å². The van der Waals surface area contributed by atoms with Crippen LogP contribution in [0.5, 0.6) is 0 Å². The van der Waals surface area contributed by atoms with Crippen LogP contribution in [-0.2, 0) is 4.79 Å². The molecule has 3 heteroatoms. The average Bonchev–Trinajstić information content (AvgIpc) is 1.98. The van der Waals surface area contributed by atoms with E-state index in [0.717, 1.165) is 6.42 Å². The third kappa shape index (κ3) is 1.06. The number of hydrogen-bond acceptors (Lipinski definition) is 2. The minimum atomic E-state index is 0.158. The molecule has 1 fully saturated rings. The second-order valence-electron chi connectivity index (χ2n) is 2.67. The molecule has 0 aromatic rings. The van der Waals surface area contributed by atoms with Gasteiger partial charge in [0.1, 0.15) is 0 Å². The topological polar surface area (TPSA) is 20.3 Å².